The summed E-state index contributed by atoms with van der Waals surface area (Å²) in [7, 11) is 1.53. The molecule has 3 aliphatic rings. The Morgan fingerprint density at radius 3 is 2.68 bits per heavy atom. The minimum absolute atomic E-state index is 0.259. The Morgan fingerprint density at radius 2 is 2.07 bits per heavy atom. The first-order valence-electron chi connectivity index (χ1n) is 10.3. The number of anilines is 1. The Kier molecular flexibility index (Phi) is 4.23. The number of nitrogens with two attached hydrogens (primary N) is 1. The normalized spacial score (nSPS) is 21.1. The van der Waals surface area contributed by atoms with Gasteiger partial charge in [-0.2, -0.15) is 4.98 Å². The number of imidazole rings is 1. The van der Waals surface area contributed by atoms with E-state index in [1.54, 1.807) is 0 Å². The number of nitrogens with zero attached hydrogens (tertiary/aromatic N) is 3. The van der Waals surface area contributed by atoms with Crippen molar-refractivity contribution in [1.29, 1.82) is 0 Å². The van der Waals surface area contributed by atoms with Gasteiger partial charge in [-0.1, -0.05) is 12.8 Å². The van der Waals surface area contributed by atoms with Gasteiger partial charge in [0.05, 0.1) is 31.4 Å². The number of hydrogen-bond donors (Lipinski definition) is 1. The van der Waals surface area contributed by atoms with Crippen molar-refractivity contribution >= 4 is 22.8 Å². The van der Waals surface area contributed by atoms with Crippen LogP contribution < -0.4 is 15.4 Å². The first-order valence-corrected chi connectivity index (χ1v) is 10.3. The van der Waals surface area contributed by atoms with Gasteiger partial charge in [-0.05, 0) is 54.7 Å². The lowest BCUT2D eigenvalue weighted by Crippen LogP contribution is -2.36. The number of rotatable bonds is 6. The van der Waals surface area contributed by atoms with Crippen molar-refractivity contribution in [2.24, 2.45) is 17.1 Å². The lowest BCUT2D eigenvalue weighted by Gasteiger charge is -2.29. The zero-order valence-corrected chi connectivity index (χ0v) is 16.4. The second-order valence-corrected chi connectivity index (χ2v) is 8.67. The van der Waals surface area contributed by atoms with Crippen LogP contribution >= 0.6 is 0 Å². The number of benzene rings is 1. The van der Waals surface area contributed by atoms with Crippen LogP contribution in [-0.2, 0) is 11.2 Å². The second-order valence-electron chi connectivity index (χ2n) is 8.67. The van der Waals surface area contributed by atoms with E-state index in [0.717, 1.165) is 55.4 Å². The smallest absolute Gasteiger partial charge is 0.327 e. The predicted molar refractivity (Wildman–Crippen MR) is 107 cm³/mol. The van der Waals surface area contributed by atoms with Crippen LogP contribution in [0.5, 0.6) is 6.01 Å². The van der Waals surface area contributed by atoms with E-state index in [9.17, 15) is 4.79 Å². The lowest BCUT2D eigenvalue weighted by molar-refractivity contribution is 0.122. The maximum absolute atomic E-state index is 12.1. The number of fused-ring (bicyclic) bond motifs is 1. The van der Waals surface area contributed by atoms with Crippen molar-refractivity contribution in [2.45, 2.75) is 38.5 Å². The molecule has 0 radical (unpaired) electrons. The van der Waals surface area contributed by atoms with E-state index in [2.05, 4.69) is 16.0 Å². The van der Waals surface area contributed by atoms with Gasteiger partial charge in [-0.25, -0.2) is 9.36 Å². The molecule has 2 N–H and O–H groups in total. The van der Waals surface area contributed by atoms with Crippen molar-refractivity contribution in [3.8, 4) is 6.01 Å². The van der Waals surface area contributed by atoms with Crippen molar-refractivity contribution in [2.75, 3.05) is 38.3 Å². The molecule has 7 heteroatoms. The second kappa shape index (κ2) is 6.65. The molecule has 1 aliphatic heterocycles. The highest BCUT2D eigenvalue weighted by molar-refractivity contribution is 5.93. The van der Waals surface area contributed by atoms with Gasteiger partial charge in [-0.15, -0.1) is 0 Å². The fourth-order valence-corrected chi connectivity index (χ4v) is 4.67. The summed E-state index contributed by atoms with van der Waals surface area (Å²) in [5.41, 5.74) is 9.98. The molecule has 0 bridgehead atoms. The molecule has 1 aromatic carbocycles. The van der Waals surface area contributed by atoms with Gasteiger partial charge in [0, 0.05) is 18.8 Å². The molecule has 2 saturated carbocycles. The third kappa shape index (κ3) is 3.21. The van der Waals surface area contributed by atoms with E-state index < -0.39 is 6.03 Å². The Hall–Kier alpha value is -2.28. The van der Waals surface area contributed by atoms with Crippen LogP contribution in [0.3, 0.4) is 0 Å². The standard InChI is InChI=1S/C21H28N4O3/c1-27-20-23-18-15(13-21(4-5-21)12-14-2-3-14)10-16(24-6-8-28-9-7-24)11-17(18)25(20)19(22)26/h10-11,14H,2-9,12-13H2,1H3,(H2,22,26). The SMILES string of the molecule is COc1nc2c(CC3(CC4CC4)CC3)cc(N3CCOCC3)cc2n1C(N)=O. The number of hydrogen-bond acceptors (Lipinski definition) is 5. The number of ether oxygens (including phenoxy) is 2. The summed E-state index contributed by atoms with van der Waals surface area (Å²) in [4.78, 5) is 19.1. The minimum atomic E-state index is -0.566. The first-order chi connectivity index (χ1) is 13.6. The van der Waals surface area contributed by atoms with Gasteiger partial charge < -0.3 is 20.1 Å². The summed E-state index contributed by atoms with van der Waals surface area (Å²) in [6, 6.07) is 3.97. The molecule has 7 nitrogen and oxygen atoms in total. The van der Waals surface area contributed by atoms with E-state index in [-0.39, 0.29) is 6.01 Å². The van der Waals surface area contributed by atoms with Crippen LogP contribution in [0.15, 0.2) is 12.1 Å². The van der Waals surface area contributed by atoms with Crippen LogP contribution in [0.4, 0.5) is 10.5 Å². The highest BCUT2D eigenvalue weighted by Crippen LogP contribution is 2.57. The highest BCUT2D eigenvalue weighted by atomic mass is 16.5. The average Bonchev–Trinajstić information content (AvgIpc) is 3.62. The quantitative estimate of drug-likeness (QED) is 0.828. The molecule has 1 amide bonds. The van der Waals surface area contributed by atoms with Crippen molar-refractivity contribution < 1.29 is 14.3 Å². The Morgan fingerprint density at radius 1 is 1.32 bits per heavy atom. The molecule has 0 atom stereocenters. The largest absolute Gasteiger partial charge is 0.468 e. The molecule has 1 aromatic heterocycles. The number of carbonyl (C=O) groups excluding carboxylic acids is 1. The van der Waals surface area contributed by atoms with E-state index in [0.29, 0.717) is 5.41 Å². The molecule has 0 unspecified atom stereocenters. The number of primary amides is 1. The van der Waals surface area contributed by atoms with Crippen LogP contribution in [0.25, 0.3) is 11.0 Å². The molecule has 2 aromatic rings. The van der Waals surface area contributed by atoms with Gasteiger partial charge in [0.1, 0.15) is 0 Å². The van der Waals surface area contributed by atoms with Gasteiger partial charge >= 0.3 is 12.0 Å². The summed E-state index contributed by atoms with van der Waals surface area (Å²) in [6.07, 6.45) is 7.69. The van der Waals surface area contributed by atoms with Gasteiger partial charge in [-0.3, -0.25) is 0 Å². The fourth-order valence-electron chi connectivity index (χ4n) is 4.67. The van der Waals surface area contributed by atoms with Crippen LogP contribution in [0.2, 0.25) is 0 Å². The van der Waals surface area contributed by atoms with Gasteiger partial charge in [0.15, 0.2) is 0 Å². The number of carbonyl (C=O) groups is 1. The minimum Gasteiger partial charge on any atom is -0.468 e. The third-order valence-corrected chi connectivity index (χ3v) is 6.51. The predicted octanol–water partition coefficient (Wildman–Crippen LogP) is 2.93. The summed E-state index contributed by atoms with van der Waals surface area (Å²) in [6.45, 7) is 3.13. The summed E-state index contributed by atoms with van der Waals surface area (Å²) in [5.74, 6) is 0.915. The number of aromatic nitrogens is 2. The molecule has 3 fully saturated rings. The monoisotopic (exact) mass is 384 g/mol. The number of amides is 1. The molecule has 0 spiro atoms. The molecule has 2 heterocycles. The molecule has 150 valence electrons. The summed E-state index contributed by atoms with van der Waals surface area (Å²) >= 11 is 0. The Bertz CT molecular complexity index is 908. The highest BCUT2D eigenvalue weighted by Gasteiger charge is 2.46. The zero-order valence-electron chi connectivity index (χ0n) is 16.4. The first kappa shape index (κ1) is 17.8. The van der Waals surface area contributed by atoms with E-state index in [1.807, 2.05) is 6.07 Å². The maximum atomic E-state index is 12.1. The molecule has 1 saturated heterocycles. The number of morpholine rings is 1. The van der Waals surface area contributed by atoms with Crippen molar-refractivity contribution in [3.63, 3.8) is 0 Å². The van der Waals surface area contributed by atoms with E-state index >= 15 is 0 Å². The maximum Gasteiger partial charge on any atom is 0.327 e. The van der Waals surface area contributed by atoms with Crippen LogP contribution in [0, 0.1) is 11.3 Å². The third-order valence-electron chi connectivity index (χ3n) is 6.51. The van der Waals surface area contributed by atoms with E-state index in [1.165, 1.54) is 49.3 Å². The van der Waals surface area contributed by atoms with Crippen molar-refractivity contribution in [3.05, 3.63) is 17.7 Å². The van der Waals surface area contributed by atoms with Crippen LogP contribution in [0.1, 0.15) is 37.7 Å². The summed E-state index contributed by atoms with van der Waals surface area (Å²) in [5, 5.41) is 0. The molecular formula is C21H28N4O3. The zero-order chi connectivity index (χ0) is 19.3. The molecule has 5 rings (SSSR count). The topological polar surface area (TPSA) is 82.6 Å². The Labute approximate surface area is 164 Å². The van der Waals surface area contributed by atoms with Crippen LogP contribution in [-0.4, -0.2) is 49.0 Å². The average molecular weight is 384 g/mol. The molecule has 28 heavy (non-hydrogen) atoms. The lowest BCUT2D eigenvalue weighted by atomic mass is 9.90. The van der Waals surface area contributed by atoms with Gasteiger partial charge in [0.25, 0.3) is 0 Å². The fraction of sp³-hybridized carbons (Fsp3) is 0.619. The number of methoxy groups -OCH3 is 1. The van der Waals surface area contributed by atoms with Gasteiger partial charge in [0.2, 0.25) is 0 Å². The Balaban J connectivity index is 1.60. The van der Waals surface area contributed by atoms with E-state index in [4.69, 9.17) is 15.2 Å². The van der Waals surface area contributed by atoms with Crippen molar-refractivity contribution in [1.82, 2.24) is 9.55 Å². The molecular weight excluding hydrogens is 356 g/mol. The molecule has 2 aliphatic carbocycles. The summed E-state index contributed by atoms with van der Waals surface area (Å²) < 4.78 is 12.3.